The quantitative estimate of drug-likeness (QED) is 0.815. The number of aromatic hydroxyl groups is 1. The van der Waals surface area contributed by atoms with Crippen LogP contribution in [0.4, 0.5) is 5.69 Å². The number of hydrogen-bond acceptors (Lipinski definition) is 4. The molecule has 2 rings (SSSR count). The van der Waals surface area contributed by atoms with E-state index in [-0.39, 0.29) is 6.04 Å². The molecule has 0 fully saturated rings. The van der Waals surface area contributed by atoms with Gasteiger partial charge in [-0.3, -0.25) is 4.79 Å². The van der Waals surface area contributed by atoms with Crippen molar-refractivity contribution in [3.63, 3.8) is 0 Å². The maximum atomic E-state index is 11.7. The molecule has 6 nitrogen and oxygen atoms in total. The molecule has 0 aliphatic rings. The van der Waals surface area contributed by atoms with Gasteiger partial charge in [0.05, 0.1) is 0 Å². The molecule has 0 bridgehead atoms. The van der Waals surface area contributed by atoms with Gasteiger partial charge in [-0.05, 0) is 25.5 Å². The molecule has 0 unspecified atom stereocenters. The monoisotopic (exact) mass is 330 g/mol. The van der Waals surface area contributed by atoms with Crippen LogP contribution in [0.5, 0.6) is 5.75 Å². The minimum Gasteiger partial charge on any atom is -0.503 e. The lowest BCUT2D eigenvalue weighted by Crippen LogP contribution is -2.37. The molecule has 0 saturated heterocycles. The largest absolute Gasteiger partial charge is 0.503 e. The Labute approximate surface area is 140 Å². The van der Waals surface area contributed by atoms with Crippen LogP contribution in [0.3, 0.4) is 0 Å². The minimum absolute atomic E-state index is 0.0518. The smallest absolute Gasteiger partial charge is 0.341 e. The number of anilines is 1. The second-order valence-corrected chi connectivity index (χ2v) is 5.77. The van der Waals surface area contributed by atoms with Gasteiger partial charge in [0.25, 0.3) is 0 Å². The molecule has 6 heteroatoms. The van der Waals surface area contributed by atoms with Crippen molar-refractivity contribution in [2.75, 3.05) is 11.4 Å². The van der Waals surface area contributed by atoms with Gasteiger partial charge in [-0.25, -0.2) is 4.79 Å². The van der Waals surface area contributed by atoms with Crippen LogP contribution in [0.1, 0.15) is 30.6 Å². The van der Waals surface area contributed by atoms with Crippen molar-refractivity contribution in [2.45, 2.75) is 32.9 Å². The van der Waals surface area contributed by atoms with Crippen molar-refractivity contribution in [1.82, 2.24) is 4.57 Å². The lowest BCUT2D eigenvalue weighted by molar-refractivity contribution is 0.0693. The highest BCUT2D eigenvalue weighted by atomic mass is 16.4. The summed E-state index contributed by atoms with van der Waals surface area (Å²) >= 11 is 0. The lowest BCUT2D eigenvalue weighted by atomic mass is 10.2. The fourth-order valence-corrected chi connectivity index (χ4v) is 2.74. The number of carbonyl (C=O) groups is 1. The van der Waals surface area contributed by atoms with Gasteiger partial charge >= 0.3 is 5.97 Å². The normalized spacial score (nSPS) is 11.9. The first kappa shape index (κ1) is 17.6. The zero-order valence-corrected chi connectivity index (χ0v) is 13.8. The van der Waals surface area contributed by atoms with E-state index in [1.165, 1.54) is 12.4 Å². The van der Waals surface area contributed by atoms with E-state index in [2.05, 4.69) is 11.8 Å². The Bertz CT molecular complexity index is 755. The standard InChI is InChI=1S/C18H22N2O4/c1-3-9-20(14-7-5-4-6-8-14)13(2)10-19-11-15(18(23)24)17(22)16(21)12-19/h4-8,11-13,21H,3,9-10H2,1-2H3,(H,23,24)/t13-/m0/s1. The van der Waals surface area contributed by atoms with Gasteiger partial charge in [-0.1, -0.05) is 25.1 Å². The van der Waals surface area contributed by atoms with Crippen molar-refractivity contribution in [2.24, 2.45) is 0 Å². The molecule has 1 heterocycles. The highest BCUT2D eigenvalue weighted by molar-refractivity contribution is 5.87. The molecule has 2 N–H and O–H groups in total. The number of aromatic carboxylic acids is 1. The molecule has 128 valence electrons. The number of rotatable bonds is 7. The van der Waals surface area contributed by atoms with Gasteiger partial charge in [0, 0.05) is 37.2 Å². The van der Waals surface area contributed by atoms with Gasteiger partial charge in [-0.15, -0.1) is 0 Å². The fraction of sp³-hybridized carbons (Fsp3) is 0.333. The molecule has 0 amide bonds. The maximum absolute atomic E-state index is 11.7. The van der Waals surface area contributed by atoms with Gasteiger partial charge in [-0.2, -0.15) is 0 Å². The average molecular weight is 330 g/mol. The molecule has 0 spiro atoms. The van der Waals surface area contributed by atoms with Crippen LogP contribution in [0.15, 0.2) is 47.5 Å². The number of benzene rings is 1. The van der Waals surface area contributed by atoms with E-state index in [0.717, 1.165) is 18.7 Å². The number of aromatic nitrogens is 1. The van der Waals surface area contributed by atoms with E-state index in [9.17, 15) is 14.7 Å². The Morgan fingerprint density at radius 3 is 2.50 bits per heavy atom. The van der Waals surface area contributed by atoms with Crippen LogP contribution in [0, 0.1) is 0 Å². The first-order valence-electron chi connectivity index (χ1n) is 7.92. The predicted octanol–water partition coefficient (Wildman–Crippen LogP) is 2.56. The molecule has 24 heavy (non-hydrogen) atoms. The topological polar surface area (TPSA) is 82.8 Å². The highest BCUT2D eigenvalue weighted by Crippen LogP contribution is 2.18. The molecule has 0 radical (unpaired) electrons. The first-order chi connectivity index (χ1) is 11.4. The Kier molecular flexibility index (Phi) is 5.63. The third-order valence-electron chi connectivity index (χ3n) is 3.85. The molecule has 0 aliphatic heterocycles. The van der Waals surface area contributed by atoms with E-state index in [1.54, 1.807) is 4.57 Å². The summed E-state index contributed by atoms with van der Waals surface area (Å²) in [6.07, 6.45) is 3.52. The van der Waals surface area contributed by atoms with Crippen LogP contribution in [-0.2, 0) is 6.54 Å². The summed E-state index contributed by atoms with van der Waals surface area (Å²) in [4.78, 5) is 25.0. The van der Waals surface area contributed by atoms with Gasteiger partial charge in [0.15, 0.2) is 5.75 Å². The van der Waals surface area contributed by atoms with Gasteiger partial charge in [0.2, 0.25) is 5.43 Å². The summed E-state index contributed by atoms with van der Waals surface area (Å²) in [5.41, 5.74) is -0.209. The zero-order valence-electron chi connectivity index (χ0n) is 13.8. The number of carboxylic acid groups (broad SMARTS) is 1. The molecule has 0 saturated carbocycles. The second-order valence-electron chi connectivity index (χ2n) is 5.77. The van der Waals surface area contributed by atoms with Crippen LogP contribution in [-0.4, -0.2) is 33.3 Å². The van der Waals surface area contributed by atoms with Crippen molar-refractivity contribution in [3.05, 3.63) is 58.5 Å². The number of hydrogen-bond donors (Lipinski definition) is 2. The number of pyridine rings is 1. The zero-order chi connectivity index (χ0) is 17.7. The van der Waals surface area contributed by atoms with E-state index < -0.39 is 22.7 Å². The van der Waals surface area contributed by atoms with Crippen molar-refractivity contribution in [3.8, 4) is 5.75 Å². The number of carboxylic acids is 1. The first-order valence-corrected chi connectivity index (χ1v) is 7.92. The Morgan fingerprint density at radius 2 is 1.92 bits per heavy atom. The Balaban J connectivity index is 2.28. The van der Waals surface area contributed by atoms with Crippen LogP contribution < -0.4 is 10.3 Å². The molecular formula is C18H22N2O4. The van der Waals surface area contributed by atoms with Crippen LogP contribution >= 0.6 is 0 Å². The Morgan fingerprint density at radius 1 is 1.25 bits per heavy atom. The number of para-hydroxylation sites is 1. The summed E-state index contributed by atoms with van der Waals surface area (Å²) in [7, 11) is 0. The number of nitrogens with zero attached hydrogens (tertiary/aromatic N) is 2. The van der Waals surface area contributed by atoms with Crippen molar-refractivity contribution in [1.29, 1.82) is 0 Å². The summed E-state index contributed by atoms with van der Waals surface area (Å²) < 4.78 is 1.55. The second kappa shape index (κ2) is 7.68. The van der Waals surface area contributed by atoms with Gasteiger partial charge < -0.3 is 19.7 Å². The molecule has 0 aliphatic carbocycles. The summed E-state index contributed by atoms with van der Waals surface area (Å²) in [5, 5.41) is 18.8. The maximum Gasteiger partial charge on any atom is 0.341 e. The van der Waals surface area contributed by atoms with E-state index in [1.807, 2.05) is 37.3 Å². The molecule has 1 aromatic carbocycles. The van der Waals surface area contributed by atoms with Crippen LogP contribution in [0.2, 0.25) is 0 Å². The molecule has 1 aromatic heterocycles. The highest BCUT2D eigenvalue weighted by Gasteiger charge is 2.17. The summed E-state index contributed by atoms with van der Waals surface area (Å²) in [6.45, 7) is 5.42. The predicted molar refractivity (Wildman–Crippen MR) is 92.9 cm³/mol. The third-order valence-corrected chi connectivity index (χ3v) is 3.85. The molecule has 2 aromatic rings. The lowest BCUT2D eigenvalue weighted by Gasteiger charge is -2.32. The van der Waals surface area contributed by atoms with E-state index >= 15 is 0 Å². The SMILES string of the molecule is CCCN(c1ccccc1)[C@@H](C)Cn1cc(O)c(=O)c(C(=O)O)c1. The third kappa shape index (κ3) is 3.95. The van der Waals surface area contributed by atoms with Crippen molar-refractivity contribution >= 4 is 11.7 Å². The summed E-state index contributed by atoms with van der Waals surface area (Å²) in [6, 6.07) is 10.00. The fourth-order valence-electron chi connectivity index (χ4n) is 2.74. The van der Waals surface area contributed by atoms with Crippen molar-refractivity contribution < 1.29 is 15.0 Å². The van der Waals surface area contributed by atoms with Crippen LogP contribution in [0.25, 0.3) is 0 Å². The van der Waals surface area contributed by atoms with E-state index in [0.29, 0.717) is 6.54 Å². The summed E-state index contributed by atoms with van der Waals surface area (Å²) in [5.74, 6) is -1.89. The van der Waals surface area contributed by atoms with Gasteiger partial charge in [0.1, 0.15) is 5.56 Å². The molecular weight excluding hydrogens is 308 g/mol. The van der Waals surface area contributed by atoms with E-state index in [4.69, 9.17) is 5.11 Å². The Hall–Kier alpha value is -2.76. The average Bonchev–Trinajstić information content (AvgIpc) is 2.56. The minimum atomic E-state index is -1.34. The molecule has 1 atom stereocenters.